The van der Waals surface area contributed by atoms with Gasteiger partial charge in [0.15, 0.2) is 0 Å². The van der Waals surface area contributed by atoms with E-state index in [2.05, 4.69) is 21.4 Å². The van der Waals surface area contributed by atoms with Crippen LogP contribution in [0.4, 0.5) is 11.4 Å². The smallest absolute Gasteiger partial charge is 0.119 e. The highest BCUT2D eigenvalue weighted by atomic mass is 35.5. The van der Waals surface area contributed by atoms with Gasteiger partial charge in [-0.1, -0.05) is 18.2 Å². The van der Waals surface area contributed by atoms with Gasteiger partial charge in [-0.2, -0.15) is 5.26 Å². The first-order chi connectivity index (χ1) is 13.8. The Hall–Kier alpha value is -3.49. The quantitative estimate of drug-likeness (QED) is 0.430. The molecule has 28 heavy (non-hydrogen) atoms. The van der Waals surface area contributed by atoms with Gasteiger partial charge in [0.25, 0.3) is 0 Å². The zero-order valence-electron chi connectivity index (χ0n) is 14.9. The number of aromatic nitrogens is 2. The third-order valence-electron chi connectivity index (χ3n) is 4.41. The first-order valence-corrected chi connectivity index (χ1v) is 9.34. The van der Waals surface area contributed by atoms with Gasteiger partial charge in [-0.15, -0.1) is 11.6 Å². The number of ether oxygens (including phenoxy) is 1. The minimum absolute atomic E-state index is 0.420. The van der Waals surface area contributed by atoms with E-state index in [1.165, 1.54) is 0 Å². The van der Waals surface area contributed by atoms with Crippen LogP contribution in [0.1, 0.15) is 5.56 Å². The Balaban J connectivity index is 1.80. The topological polar surface area (TPSA) is 73.7 Å². The van der Waals surface area contributed by atoms with E-state index in [9.17, 15) is 5.26 Å². The Morgan fingerprint density at radius 1 is 1.14 bits per heavy atom. The molecule has 0 amide bonds. The van der Waals surface area contributed by atoms with Gasteiger partial charge >= 0.3 is 0 Å². The number of alkyl halides is 1. The van der Waals surface area contributed by atoms with Crippen molar-refractivity contribution in [3.63, 3.8) is 0 Å². The van der Waals surface area contributed by atoms with Crippen LogP contribution in [0.5, 0.6) is 5.75 Å². The van der Waals surface area contributed by atoms with E-state index < -0.39 is 0 Å². The fourth-order valence-electron chi connectivity index (χ4n) is 3.14. The maximum Gasteiger partial charge on any atom is 0.119 e. The molecule has 0 aliphatic heterocycles. The number of nitrogens with zero attached hydrogens (tertiary/aromatic N) is 2. The zero-order valence-corrected chi connectivity index (χ0v) is 15.7. The summed E-state index contributed by atoms with van der Waals surface area (Å²) in [6, 6.07) is 17.9. The number of halogens is 1. The highest BCUT2D eigenvalue weighted by Crippen LogP contribution is 2.35. The number of hydrogen-bond donors (Lipinski definition) is 2. The number of hydrogen-bond acceptors (Lipinski definition) is 4. The number of nitrogens with one attached hydrogen (secondary N) is 2. The minimum atomic E-state index is 0.420. The van der Waals surface area contributed by atoms with Crippen LogP contribution in [0, 0.1) is 11.3 Å². The maximum absolute atomic E-state index is 9.64. The zero-order chi connectivity index (χ0) is 19.3. The molecule has 0 saturated heterocycles. The van der Waals surface area contributed by atoms with Gasteiger partial charge < -0.3 is 15.0 Å². The summed E-state index contributed by atoms with van der Waals surface area (Å²) in [5.41, 5.74) is 4.84. The summed E-state index contributed by atoms with van der Waals surface area (Å²) < 4.78 is 5.64. The number of aromatic amines is 1. The Morgan fingerprint density at radius 3 is 2.89 bits per heavy atom. The first kappa shape index (κ1) is 17.9. The molecule has 2 aromatic heterocycles. The number of H-pyrrole nitrogens is 1. The van der Waals surface area contributed by atoms with Crippen LogP contribution in [0.15, 0.2) is 67.1 Å². The van der Waals surface area contributed by atoms with Crippen molar-refractivity contribution in [3.8, 4) is 22.9 Å². The molecular formula is C22H17ClN4O. The van der Waals surface area contributed by atoms with Gasteiger partial charge in [0, 0.05) is 40.7 Å². The van der Waals surface area contributed by atoms with Crippen molar-refractivity contribution in [1.82, 2.24) is 9.97 Å². The number of fused-ring (bicyclic) bond motifs is 1. The number of pyridine rings is 1. The summed E-state index contributed by atoms with van der Waals surface area (Å²) in [5, 5.41) is 14.1. The van der Waals surface area contributed by atoms with E-state index in [1.807, 2.05) is 54.7 Å². The third-order valence-corrected chi connectivity index (χ3v) is 4.57. The first-order valence-electron chi connectivity index (χ1n) is 8.80. The summed E-state index contributed by atoms with van der Waals surface area (Å²) in [5.74, 6) is 1.14. The molecule has 0 fully saturated rings. The molecule has 0 radical (unpaired) electrons. The van der Waals surface area contributed by atoms with E-state index in [4.69, 9.17) is 16.3 Å². The Bertz CT molecular complexity index is 1160. The molecule has 0 spiro atoms. The summed E-state index contributed by atoms with van der Waals surface area (Å²) >= 11 is 5.72. The molecular weight excluding hydrogens is 372 g/mol. The monoisotopic (exact) mass is 388 g/mol. The van der Waals surface area contributed by atoms with E-state index >= 15 is 0 Å². The van der Waals surface area contributed by atoms with Crippen LogP contribution in [0.3, 0.4) is 0 Å². The molecule has 0 aliphatic carbocycles. The van der Waals surface area contributed by atoms with Crippen molar-refractivity contribution in [2.75, 3.05) is 17.8 Å². The number of benzene rings is 2. The minimum Gasteiger partial charge on any atom is -0.492 e. The van der Waals surface area contributed by atoms with Crippen LogP contribution >= 0.6 is 11.6 Å². The molecule has 5 nitrogen and oxygen atoms in total. The molecule has 0 saturated carbocycles. The van der Waals surface area contributed by atoms with Gasteiger partial charge in [0.1, 0.15) is 18.4 Å². The van der Waals surface area contributed by atoms with Crippen LogP contribution in [-0.2, 0) is 0 Å². The fourth-order valence-corrected chi connectivity index (χ4v) is 3.21. The predicted molar refractivity (Wildman–Crippen MR) is 112 cm³/mol. The molecule has 138 valence electrons. The summed E-state index contributed by atoms with van der Waals surface area (Å²) in [4.78, 5) is 7.45. The van der Waals surface area contributed by atoms with Gasteiger partial charge in [-0.3, -0.25) is 4.98 Å². The highest BCUT2D eigenvalue weighted by Gasteiger charge is 2.13. The molecule has 0 unspecified atom stereocenters. The van der Waals surface area contributed by atoms with Crippen molar-refractivity contribution in [3.05, 3.63) is 72.7 Å². The fraction of sp³-hybridized carbons (Fsp3) is 0.0909. The van der Waals surface area contributed by atoms with E-state index in [0.29, 0.717) is 23.7 Å². The van der Waals surface area contributed by atoms with Gasteiger partial charge in [-0.25, -0.2) is 0 Å². The van der Waals surface area contributed by atoms with Crippen molar-refractivity contribution >= 4 is 33.9 Å². The summed E-state index contributed by atoms with van der Waals surface area (Å²) in [7, 11) is 0. The molecule has 0 atom stereocenters. The lowest BCUT2D eigenvalue weighted by Crippen LogP contribution is -2.00. The van der Waals surface area contributed by atoms with Crippen LogP contribution < -0.4 is 10.1 Å². The largest absolute Gasteiger partial charge is 0.492 e. The van der Waals surface area contributed by atoms with Crippen LogP contribution in [-0.4, -0.2) is 22.5 Å². The van der Waals surface area contributed by atoms with E-state index in [1.54, 1.807) is 12.4 Å². The number of nitriles is 1. The molecule has 4 rings (SSSR count). The standard InChI is InChI=1S/C22H17ClN4O/c23-8-10-28-17-4-1-3-15(11-17)19-14-25-13-16(12-24)22(19)27-21-6-2-5-20-18(21)7-9-26-20/h1-7,9,11,13-14,26H,8,10H2,(H,25,27). The lowest BCUT2D eigenvalue weighted by molar-refractivity contribution is 0.343. The SMILES string of the molecule is N#Cc1cncc(-c2cccc(OCCCl)c2)c1Nc1cccc2[nH]ccc12. The highest BCUT2D eigenvalue weighted by molar-refractivity contribution is 6.18. The lowest BCUT2D eigenvalue weighted by Gasteiger charge is -2.15. The molecule has 4 aromatic rings. The predicted octanol–water partition coefficient (Wildman–Crippen LogP) is 5.46. The second-order valence-electron chi connectivity index (χ2n) is 6.16. The Labute approximate surface area is 167 Å². The van der Waals surface area contributed by atoms with Gasteiger partial charge in [-0.05, 0) is 35.9 Å². The van der Waals surface area contributed by atoms with Crippen molar-refractivity contribution in [2.45, 2.75) is 0 Å². The Kier molecular flexibility index (Phi) is 5.14. The number of rotatable bonds is 6. The molecule has 2 N–H and O–H groups in total. The molecule has 6 heteroatoms. The second-order valence-corrected chi connectivity index (χ2v) is 6.53. The van der Waals surface area contributed by atoms with E-state index in [-0.39, 0.29) is 0 Å². The van der Waals surface area contributed by atoms with Crippen molar-refractivity contribution in [2.24, 2.45) is 0 Å². The molecule has 2 heterocycles. The second kappa shape index (κ2) is 8.03. The van der Waals surface area contributed by atoms with E-state index in [0.717, 1.165) is 33.5 Å². The normalized spacial score (nSPS) is 10.6. The lowest BCUT2D eigenvalue weighted by atomic mass is 10.0. The Morgan fingerprint density at radius 2 is 2.04 bits per heavy atom. The molecule has 2 aromatic carbocycles. The summed E-state index contributed by atoms with van der Waals surface area (Å²) in [6.45, 7) is 0.433. The maximum atomic E-state index is 9.64. The molecule has 0 aliphatic rings. The third kappa shape index (κ3) is 3.51. The van der Waals surface area contributed by atoms with Gasteiger partial charge in [0.2, 0.25) is 0 Å². The average Bonchev–Trinajstić information content (AvgIpc) is 3.22. The van der Waals surface area contributed by atoms with Crippen molar-refractivity contribution in [1.29, 1.82) is 5.26 Å². The average molecular weight is 389 g/mol. The summed E-state index contributed by atoms with van der Waals surface area (Å²) in [6.07, 6.45) is 5.21. The van der Waals surface area contributed by atoms with Crippen molar-refractivity contribution < 1.29 is 4.74 Å². The molecule has 0 bridgehead atoms. The number of anilines is 2. The van der Waals surface area contributed by atoms with Gasteiger partial charge in [0.05, 0.1) is 17.1 Å². The van der Waals surface area contributed by atoms with Crippen LogP contribution in [0.2, 0.25) is 0 Å². The van der Waals surface area contributed by atoms with Crippen LogP contribution in [0.25, 0.3) is 22.0 Å².